The van der Waals surface area contributed by atoms with E-state index in [0.717, 1.165) is 31.3 Å². The van der Waals surface area contributed by atoms with Gasteiger partial charge >= 0.3 is 0 Å². The van der Waals surface area contributed by atoms with Crippen LogP contribution in [-0.4, -0.2) is 11.4 Å². The van der Waals surface area contributed by atoms with Crippen LogP contribution in [0.1, 0.15) is 16.7 Å². The van der Waals surface area contributed by atoms with Crippen LogP contribution in [0, 0.1) is 11.6 Å². The summed E-state index contributed by atoms with van der Waals surface area (Å²) in [4.78, 5) is 2.11. The average molecular weight is 274 g/mol. The number of hydrogen-bond donors (Lipinski definition) is 1. The van der Waals surface area contributed by atoms with Gasteiger partial charge in [0.05, 0.1) is 0 Å². The summed E-state index contributed by atoms with van der Waals surface area (Å²) in [5.41, 5.74) is 9.40. The minimum absolute atomic E-state index is 0.357. The van der Waals surface area contributed by atoms with E-state index < -0.39 is 5.82 Å². The molecule has 104 valence electrons. The number of anilines is 1. The van der Waals surface area contributed by atoms with E-state index in [9.17, 15) is 8.78 Å². The van der Waals surface area contributed by atoms with Crippen molar-refractivity contribution in [1.82, 2.24) is 4.90 Å². The molecule has 1 aliphatic heterocycles. The Morgan fingerprint density at radius 1 is 1.05 bits per heavy atom. The van der Waals surface area contributed by atoms with Crippen LogP contribution in [0.15, 0.2) is 36.4 Å². The molecule has 0 saturated heterocycles. The van der Waals surface area contributed by atoms with E-state index in [4.69, 9.17) is 5.73 Å². The van der Waals surface area contributed by atoms with Crippen molar-refractivity contribution in [2.45, 2.75) is 19.5 Å². The van der Waals surface area contributed by atoms with E-state index in [2.05, 4.69) is 4.90 Å². The molecule has 0 aliphatic carbocycles. The SMILES string of the molecule is Nc1ccc2c(c1)CN(Cc1cc(F)ccc1F)CC2. The highest BCUT2D eigenvalue weighted by Crippen LogP contribution is 2.23. The summed E-state index contributed by atoms with van der Waals surface area (Å²) in [6.45, 7) is 1.97. The lowest BCUT2D eigenvalue weighted by Gasteiger charge is -2.29. The molecule has 0 spiro atoms. The van der Waals surface area contributed by atoms with E-state index in [1.807, 2.05) is 18.2 Å². The Morgan fingerprint density at radius 2 is 1.90 bits per heavy atom. The Kier molecular flexibility index (Phi) is 3.40. The van der Waals surface area contributed by atoms with Crippen LogP contribution in [-0.2, 0) is 19.5 Å². The van der Waals surface area contributed by atoms with Crippen LogP contribution in [0.5, 0.6) is 0 Å². The van der Waals surface area contributed by atoms with Gasteiger partial charge in [-0.2, -0.15) is 0 Å². The van der Waals surface area contributed by atoms with Crippen molar-refractivity contribution >= 4 is 5.69 Å². The summed E-state index contributed by atoms with van der Waals surface area (Å²) in [6, 6.07) is 9.50. The molecule has 2 N–H and O–H groups in total. The van der Waals surface area contributed by atoms with Gasteiger partial charge in [0.25, 0.3) is 0 Å². The lowest BCUT2D eigenvalue weighted by Crippen LogP contribution is -2.30. The Bertz CT molecular complexity index is 640. The Hall–Kier alpha value is -1.94. The monoisotopic (exact) mass is 274 g/mol. The van der Waals surface area contributed by atoms with E-state index in [0.29, 0.717) is 12.1 Å². The molecule has 0 radical (unpaired) electrons. The minimum Gasteiger partial charge on any atom is -0.399 e. The Morgan fingerprint density at radius 3 is 2.75 bits per heavy atom. The third-order valence-corrected chi connectivity index (χ3v) is 3.72. The molecular formula is C16H16F2N2. The number of rotatable bonds is 2. The second kappa shape index (κ2) is 5.21. The number of nitrogens with two attached hydrogens (primary N) is 1. The zero-order valence-electron chi connectivity index (χ0n) is 11.1. The van der Waals surface area contributed by atoms with Crippen molar-refractivity contribution in [3.8, 4) is 0 Å². The largest absolute Gasteiger partial charge is 0.399 e. The van der Waals surface area contributed by atoms with Crippen LogP contribution in [0.3, 0.4) is 0 Å². The van der Waals surface area contributed by atoms with Gasteiger partial charge in [-0.05, 0) is 47.9 Å². The number of halogens is 2. The molecule has 4 heteroatoms. The van der Waals surface area contributed by atoms with Crippen LogP contribution in [0.25, 0.3) is 0 Å². The molecular weight excluding hydrogens is 258 g/mol. The molecule has 2 aromatic rings. The predicted octanol–water partition coefficient (Wildman–Crippen LogP) is 3.11. The molecule has 3 rings (SSSR count). The first-order valence-corrected chi connectivity index (χ1v) is 6.65. The Labute approximate surface area is 116 Å². The fraction of sp³-hybridized carbons (Fsp3) is 0.250. The maximum Gasteiger partial charge on any atom is 0.127 e. The number of benzene rings is 2. The number of hydrogen-bond acceptors (Lipinski definition) is 2. The average Bonchev–Trinajstić information content (AvgIpc) is 2.42. The minimum atomic E-state index is -0.400. The predicted molar refractivity (Wildman–Crippen MR) is 75.0 cm³/mol. The molecule has 0 amide bonds. The van der Waals surface area contributed by atoms with Gasteiger partial charge < -0.3 is 5.73 Å². The van der Waals surface area contributed by atoms with Gasteiger partial charge in [0.2, 0.25) is 0 Å². The van der Waals surface area contributed by atoms with Crippen molar-refractivity contribution in [3.63, 3.8) is 0 Å². The van der Waals surface area contributed by atoms with Gasteiger partial charge in [-0.1, -0.05) is 6.07 Å². The van der Waals surface area contributed by atoms with Gasteiger partial charge in [0.1, 0.15) is 11.6 Å². The molecule has 1 aliphatic rings. The molecule has 0 aromatic heterocycles. The summed E-state index contributed by atoms with van der Waals surface area (Å²) in [5.74, 6) is -0.757. The zero-order valence-corrected chi connectivity index (χ0v) is 11.1. The van der Waals surface area contributed by atoms with E-state index >= 15 is 0 Å². The van der Waals surface area contributed by atoms with E-state index in [-0.39, 0.29) is 5.82 Å². The van der Waals surface area contributed by atoms with Gasteiger partial charge in [0, 0.05) is 30.9 Å². The van der Waals surface area contributed by atoms with Crippen LogP contribution >= 0.6 is 0 Å². The van der Waals surface area contributed by atoms with Crippen LogP contribution in [0.2, 0.25) is 0 Å². The molecule has 2 nitrogen and oxygen atoms in total. The molecule has 0 unspecified atom stereocenters. The molecule has 0 fully saturated rings. The highest BCUT2D eigenvalue weighted by molar-refractivity contribution is 5.45. The fourth-order valence-corrected chi connectivity index (χ4v) is 2.68. The number of fused-ring (bicyclic) bond motifs is 1. The van der Waals surface area contributed by atoms with Gasteiger partial charge in [-0.3, -0.25) is 4.90 Å². The van der Waals surface area contributed by atoms with Crippen molar-refractivity contribution in [3.05, 3.63) is 64.7 Å². The lowest BCUT2D eigenvalue weighted by molar-refractivity contribution is 0.242. The van der Waals surface area contributed by atoms with Crippen LogP contribution in [0.4, 0.5) is 14.5 Å². The summed E-state index contributed by atoms with van der Waals surface area (Å²) in [5, 5.41) is 0. The second-order valence-corrected chi connectivity index (χ2v) is 5.22. The lowest BCUT2D eigenvalue weighted by atomic mass is 9.98. The van der Waals surface area contributed by atoms with E-state index in [1.54, 1.807) is 0 Å². The summed E-state index contributed by atoms with van der Waals surface area (Å²) in [6.07, 6.45) is 0.909. The van der Waals surface area contributed by atoms with Gasteiger partial charge in [-0.15, -0.1) is 0 Å². The van der Waals surface area contributed by atoms with E-state index in [1.165, 1.54) is 23.3 Å². The van der Waals surface area contributed by atoms with Gasteiger partial charge in [-0.25, -0.2) is 8.78 Å². The van der Waals surface area contributed by atoms with Crippen molar-refractivity contribution in [2.75, 3.05) is 12.3 Å². The number of nitrogen functional groups attached to an aromatic ring is 1. The third kappa shape index (κ3) is 2.65. The molecule has 0 saturated carbocycles. The summed E-state index contributed by atoms with van der Waals surface area (Å²) < 4.78 is 26.9. The first-order valence-electron chi connectivity index (χ1n) is 6.65. The molecule has 0 atom stereocenters. The first kappa shape index (κ1) is 13.1. The quantitative estimate of drug-likeness (QED) is 0.853. The smallest absolute Gasteiger partial charge is 0.127 e. The maximum atomic E-state index is 13.7. The second-order valence-electron chi connectivity index (χ2n) is 5.22. The summed E-state index contributed by atoms with van der Waals surface area (Å²) >= 11 is 0. The summed E-state index contributed by atoms with van der Waals surface area (Å²) in [7, 11) is 0. The van der Waals surface area contributed by atoms with Gasteiger partial charge in [0.15, 0.2) is 0 Å². The third-order valence-electron chi connectivity index (χ3n) is 3.72. The highest BCUT2D eigenvalue weighted by atomic mass is 19.1. The highest BCUT2D eigenvalue weighted by Gasteiger charge is 2.17. The topological polar surface area (TPSA) is 29.3 Å². The van der Waals surface area contributed by atoms with Crippen LogP contribution < -0.4 is 5.73 Å². The molecule has 1 heterocycles. The fourth-order valence-electron chi connectivity index (χ4n) is 2.68. The standard InChI is InChI=1S/C16H16F2N2/c17-14-2-4-16(18)13(7-14)10-20-6-5-11-1-3-15(19)8-12(11)9-20/h1-4,7-8H,5-6,9-10,19H2. The first-order chi connectivity index (χ1) is 9.61. The molecule has 2 aromatic carbocycles. The van der Waals surface area contributed by atoms with Crippen molar-refractivity contribution in [1.29, 1.82) is 0 Å². The van der Waals surface area contributed by atoms with Crippen molar-refractivity contribution < 1.29 is 8.78 Å². The maximum absolute atomic E-state index is 13.7. The number of nitrogens with zero attached hydrogens (tertiary/aromatic N) is 1. The normalized spacial score (nSPS) is 15.1. The molecule has 20 heavy (non-hydrogen) atoms. The van der Waals surface area contributed by atoms with Crippen molar-refractivity contribution in [2.24, 2.45) is 0 Å². The zero-order chi connectivity index (χ0) is 14.1. The molecule has 0 bridgehead atoms. The Balaban J connectivity index is 1.78.